The minimum absolute atomic E-state index is 0.0475. The molecule has 98 valence electrons. The molecule has 0 aromatic carbocycles. The maximum absolute atomic E-state index is 6.03. The van der Waals surface area contributed by atoms with Gasteiger partial charge in [0.1, 0.15) is 5.82 Å². The Morgan fingerprint density at radius 2 is 2.11 bits per heavy atom. The summed E-state index contributed by atoms with van der Waals surface area (Å²) >= 11 is 0. The van der Waals surface area contributed by atoms with Gasteiger partial charge in [-0.3, -0.25) is 4.68 Å². The Labute approximate surface area is 107 Å². The number of rotatable bonds is 5. The molecule has 1 unspecified atom stereocenters. The van der Waals surface area contributed by atoms with Crippen molar-refractivity contribution in [3.8, 4) is 0 Å². The molecule has 6 heteroatoms. The van der Waals surface area contributed by atoms with Crippen molar-refractivity contribution in [2.75, 3.05) is 0 Å². The quantitative estimate of drug-likeness (QED) is 0.861. The van der Waals surface area contributed by atoms with Crippen molar-refractivity contribution in [3.05, 3.63) is 30.1 Å². The highest BCUT2D eigenvalue weighted by molar-refractivity contribution is 5.00. The van der Waals surface area contributed by atoms with E-state index in [1.165, 1.54) is 0 Å². The molecule has 18 heavy (non-hydrogen) atoms. The average molecular weight is 248 g/mol. The summed E-state index contributed by atoms with van der Waals surface area (Å²) in [5.41, 5.74) is 6.89. The van der Waals surface area contributed by atoms with E-state index in [2.05, 4.69) is 33.7 Å². The number of hydrogen-bond acceptors (Lipinski definition) is 4. The number of aryl methyl sites for hydroxylation is 3. The lowest BCUT2D eigenvalue weighted by Gasteiger charge is -2.11. The molecule has 0 aliphatic carbocycles. The zero-order valence-electron chi connectivity index (χ0n) is 11.1. The molecule has 2 aromatic rings. The van der Waals surface area contributed by atoms with Gasteiger partial charge in [0, 0.05) is 18.9 Å². The summed E-state index contributed by atoms with van der Waals surface area (Å²) in [6.45, 7) is 7.76. The molecule has 0 aliphatic rings. The highest BCUT2D eigenvalue weighted by Crippen LogP contribution is 2.15. The molecule has 0 fully saturated rings. The van der Waals surface area contributed by atoms with Crippen molar-refractivity contribution >= 4 is 0 Å². The molecule has 6 nitrogen and oxygen atoms in total. The van der Waals surface area contributed by atoms with E-state index in [1.807, 2.05) is 24.0 Å². The lowest BCUT2D eigenvalue weighted by Crippen LogP contribution is -2.17. The summed E-state index contributed by atoms with van der Waals surface area (Å²) < 4.78 is 3.92. The maximum atomic E-state index is 6.03. The fraction of sp³-hybridized carbons (Fsp3) is 0.583. The average Bonchev–Trinajstić information content (AvgIpc) is 2.94. The van der Waals surface area contributed by atoms with Crippen LogP contribution in [-0.4, -0.2) is 24.5 Å². The highest BCUT2D eigenvalue weighted by atomic mass is 15.4. The number of imidazole rings is 1. The molecule has 2 N–H and O–H groups in total. The summed E-state index contributed by atoms with van der Waals surface area (Å²) in [6.07, 6.45) is 5.70. The Balaban J connectivity index is 1.97. The SMILES string of the molecule is Cc1nccn1CCn1cc(C(N)C(C)C)nn1. The second kappa shape index (κ2) is 5.30. The van der Waals surface area contributed by atoms with Gasteiger partial charge in [-0.2, -0.15) is 0 Å². The van der Waals surface area contributed by atoms with Gasteiger partial charge in [-0.15, -0.1) is 5.10 Å². The monoisotopic (exact) mass is 248 g/mol. The van der Waals surface area contributed by atoms with Crippen molar-refractivity contribution in [1.82, 2.24) is 24.5 Å². The third-order valence-corrected chi connectivity index (χ3v) is 3.11. The van der Waals surface area contributed by atoms with Gasteiger partial charge in [-0.25, -0.2) is 4.98 Å². The molecule has 0 saturated carbocycles. The molecule has 2 heterocycles. The molecule has 0 aliphatic heterocycles. The first kappa shape index (κ1) is 12.8. The van der Waals surface area contributed by atoms with Crippen LogP contribution in [0.1, 0.15) is 31.4 Å². The normalized spacial score (nSPS) is 13.2. The first-order chi connectivity index (χ1) is 8.58. The first-order valence-corrected chi connectivity index (χ1v) is 6.21. The van der Waals surface area contributed by atoms with Crippen molar-refractivity contribution in [3.63, 3.8) is 0 Å². The topological polar surface area (TPSA) is 74.5 Å². The van der Waals surface area contributed by atoms with Crippen LogP contribution in [0.2, 0.25) is 0 Å². The molecule has 1 atom stereocenters. The molecule has 0 bridgehead atoms. The zero-order chi connectivity index (χ0) is 13.1. The van der Waals surface area contributed by atoms with Crippen LogP contribution in [0.15, 0.2) is 18.6 Å². The van der Waals surface area contributed by atoms with Crippen molar-refractivity contribution in [2.24, 2.45) is 11.7 Å². The van der Waals surface area contributed by atoms with Gasteiger partial charge in [-0.1, -0.05) is 19.1 Å². The Kier molecular flexibility index (Phi) is 3.76. The summed E-state index contributed by atoms with van der Waals surface area (Å²) in [5, 5.41) is 8.22. The van der Waals surface area contributed by atoms with Crippen molar-refractivity contribution in [1.29, 1.82) is 0 Å². The lowest BCUT2D eigenvalue weighted by molar-refractivity contribution is 0.502. The van der Waals surface area contributed by atoms with Crippen LogP contribution < -0.4 is 5.73 Å². The van der Waals surface area contributed by atoms with Crippen LogP contribution >= 0.6 is 0 Å². The van der Waals surface area contributed by atoms with Crippen molar-refractivity contribution < 1.29 is 0 Å². The van der Waals surface area contributed by atoms with E-state index in [1.54, 1.807) is 6.20 Å². The van der Waals surface area contributed by atoms with E-state index in [0.717, 1.165) is 24.6 Å². The third-order valence-electron chi connectivity index (χ3n) is 3.11. The van der Waals surface area contributed by atoms with Gasteiger partial charge in [0.15, 0.2) is 0 Å². The number of nitrogens with zero attached hydrogens (tertiary/aromatic N) is 5. The van der Waals surface area contributed by atoms with Gasteiger partial charge in [0.05, 0.1) is 24.5 Å². The van der Waals surface area contributed by atoms with E-state index < -0.39 is 0 Å². The number of hydrogen-bond donors (Lipinski definition) is 1. The lowest BCUT2D eigenvalue weighted by atomic mass is 10.0. The van der Waals surface area contributed by atoms with Crippen LogP contribution in [0.5, 0.6) is 0 Å². The zero-order valence-corrected chi connectivity index (χ0v) is 11.1. The molecule has 0 amide bonds. The molecule has 0 spiro atoms. The second-order valence-electron chi connectivity index (χ2n) is 4.84. The Bertz CT molecular complexity index is 498. The molecule has 0 saturated heterocycles. The predicted molar refractivity (Wildman–Crippen MR) is 68.8 cm³/mol. The molecule has 0 radical (unpaired) electrons. The molecular formula is C12H20N6. The van der Waals surface area contributed by atoms with Crippen LogP contribution in [0.3, 0.4) is 0 Å². The predicted octanol–water partition coefficient (Wildman–Crippen LogP) is 1.14. The van der Waals surface area contributed by atoms with Gasteiger partial charge >= 0.3 is 0 Å². The van der Waals surface area contributed by atoms with E-state index >= 15 is 0 Å². The van der Waals surface area contributed by atoms with Gasteiger partial charge in [0.25, 0.3) is 0 Å². The van der Waals surface area contributed by atoms with Gasteiger partial charge in [0.2, 0.25) is 0 Å². The Morgan fingerprint density at radius 1 is 1.33 bits per heavy atom. The van der Waals surface area contributed by atoms with Crippen molar-refractivity contribution in [2.45, 2.75) is 39.9 Å². The van der Waals surface area contributed by atoms with E-state index in [0.29, 0.717) is 5.92 Å². The Morgan fingerprint density at radius 3 is 2.72 bits per heavy atom. The summed E-state index contributed by atoms with van der Waals surface area (Å²) in [7, 11) is 0. The fourth-order valence-corrected chi connectivity index (χ4v) is 1.77. The Hall–Kier alpha value is -1.69. The van der Waals surface area contributed by atoms with E-state index in [4.69, 9.17) is 5.73 Å². The van der Waals surface area contributed by atoms with Crippen LogP contribution in [-0.2, 0) is 13.1 Å². The first-order valence-electron chi connectivity index (χ1n) is 6.21. The molecule has 2 aromatic heterocycles. The van der Waals surface area contributed by atoms with Gasteiger partial charge < -0.3 is 10.3 Å². The fourth-order valence-electron chi connectivity index (χ4n) is 1.77. The number of nitrogens with two attached hydrogens (primary N) is 1. The minimum Gasteiger partial charge on any atom is -0.333 e. The third kappa shape index (κ3) is 2.76. The largest absolute Gasteiger partial charge is 0.333 e. The smallest absolute Gasteiger partial charge is 0.105 e. The van der Waals surface area contributed by atoms with Gasteiger partial charge in [-0.05, 0) is 12.8 Å². The summed E-state index contributed by atoms with van der Waals surface area (Å²) in [6, 6.07) is -0.0475. The number of aromatic nitrogens is 5. The standard InChI is InChI=1S/C12H20N6/c1-9(2)12(13)11-8-18(16-15-11)7-6-17-5-4-14-10(17)3/h4-5,8-9,12H,6-7,13H2,1-3H3. The van der Waals surface area contributed by atoms with Crippen LogP contribution in [0.4, 0.5) is 0 Å². The second-order valence-corrected chi connectivity index (χ2v) is 4.84. The summed E-state index contributed by atoms with van der Waals surface area (Å²) in [4.78, 5) is 4.18. The minimum atomic E-state index is -0.0475. The van der Waals surface area contributed by atoms with E-state index in [-0.39, 0.29) is 6.04 Å². The molecular weight excluding hydrogens is 228 g/mol. The van der Waals surface area contributed by atoms with Crippen LogP contribution in [0.25, 0.3) is 0 Å². The molecule has 2 rings (SSSR count). The van der Waals surface area contributed by atoms with E-state index in [9.17, 15) is 0 Å². The van der Waals surface area contributed by atoms with Crippen LogP contribution in [0, 0.1) is 12.8 Å². The maximum Gasteiger partial charge on any atom is 0.105 e. The highest BCUT2D eigenvalue weighted by Gasteiger charge is 2.14. The summed E-state index contributed by atoms with van der Waals surface area (Å²) in [5.74, 6) is 1.38.